The molecule has 178 valence electrons. The summed E-state index contributed by atoms with van der Waals surface area (Å²) < 4.78 is 21.8. The molecule has 0 radical (unpaired) electrons. The summed E-state index contributed by atoms with van der Waals surface area (Å²) in [6.45, 7) is 8.39. The number of aliphatic imine (C=N–C) groups is 1. The third-order valence-electron chi connectivity index (χ3n) is 4.88. The maximum atomic E-state index is 11.6. The lowest BCUT2D eigenvalue weighted by Gasteiger charge is -2.24. The number of nitrogens with zero attached hydrogens (tertiary/aromatic N) is 4. The van der Waals surface area contributed by atoms with Crippen molar-refractivity contribution in [2.75, 3.05) is 36.4 Å². The highest BCUT2D eigenvalue weighted by Crippen LogP contribution is 2.34. The molecule has 11 heteroatoms. The van der Waals surface area contributed by atoms with Crippen LogP contribution in [0.25, 0.3) is 0 Å². The first-order chi connectivity index (χ1) is 15.7. The maximum Gasteiger partial charge on any atom is 0.320 e. The molecule has 0 amide bonds. The van der Waals surface area contributed by atoms with Crippen molar-refractivity contribution < 1.29 is 23.7 Å². The van der Waals surface area contributed by atoms with Gasteiger partial charge in [0, 0.05) is 6.54 Å². The van der Waals surface area contributed by atoms with E-state index in [1.54, 1.807) is 0 Å². The van der Waals surface area contributed by atoms with Crippen LogP contribution in [0.1, 0.15) is 25.0 Å². The molecule has 2 N–H and O–H groups in total. The van der Waals surface area contributed by atoms with Crippen LogP contribution in [0.3, 0.4) is 0 Å². The van der Waals surface area contributed by atoms with E-state index in [9.17, 15) is 4.79 Å². The van der Waals surface area contributed by atoms with Gasteiger partial charge in [0.15, 0.2) is 17.4 Å². The van der Waals surface area contributed by atoms with Gasteiger partial charge in [-0.3, -0.25) is 9.79 Å². The Balaban J connectivity index is 1.79. The predicted molar refractivity (Wildman–Crippen MR) is 128 cm³/mol. The second kappa shape index (κ2) is 10.9. The Kier molecular flexibility index (Phi) is 8.22. The van der Waals surface area contributed by atoms with Crippen molar-refractivity contribution in [2.24, 2.45) is 4.99 Å². The van der Waals surface area contributed by atoms with E-state index in [4.69, 9.17) is 24.7 Å². The Hall–Kier alpha value is -2.76. The van der Waals surface area contributed by atoms with E-state index >= 15 is 0 Å². The Morgan fingerprint density at radius 1 is 1.39 bits per heavy atom. The van der Waals surface area contributed by atoms with Crippen LogP contribution in [0.4, 0.5) is 17.3 Å². The number of rotatable bonds is 10. The molecule has 0 bridgehead atoms. The molecule has 1 fully saturated rings. The summed E-state index contributed by atoms with van der Waals surface area (Å²) in [6.07, 6.45) is -0.0457. The molecule has 2 heterocycles. The van der Waals surface area contributed by atoms with Crippen LogP contribution in [-0.4, -0.2) is 60.3 Å². The minimum absolute atomic E-state index is 0.105. The van der Waals surface area contributed by atoms with Gasteiger partial charge in [0.25, 0.3) is 0 Å². The lowest BCUT2D eigenvalue weighted by atomic mass is 10.1. The molecule has 1 aromatic heterocycles. The summed E-state index contributed by atoms with van der Waals surface area (Å²) in [5.74, 6) is -0.329. The van der Waals surface area contributed by atoms with Crippen molar-refractivity contribution in [1.29, 1.82) is 0 Å². The van der Waals surface area contributed by atoms with Crippen LogP contribution in [0.2, 0.25) is 0 Å². The average Bonchev–Trinajstić information content (AvgIpc) is 3.14. The first kappa shape index (κ1) is 24.9. The average molecular weight is 522 g/mol. The topological polar surface area (TPSA) is 121 Å². The zero-order chi connectivity index (χ0) is 24.0. The van der Waals surface area contributed by atoms with Crippen molar-refractivity contribution in [3.63, 3.8) is 0 Å². The summed E-state index contributed by atoms with van der Waals surface area (Å²) in [4.78, 5) is 26.3. The number of ether oxygens (including phenoxy) is 4. The Morgan fingerprint density at radius 3 is 2.79 bits per heavy atom. The third-order valence-corrected chi connectivity index (χ3v) is 5.49. The number of alkyl halides is 1. The highest BCUT2D eigenvalue weighted by atomic mass is 79.9. The van der Waals surface area contributed by atoms with Crippen molar-refractivity contribution in [2.45, 2.75) is 38.7 Å². The molecule has 1 aliphatic rings. The molecule has 1 aliphatic heterocycles. The molecule has 0 aliphatic carbocycles. The van der Waals surface area contributed by atoms with Gasteiger partial charge in [0.1, 0.15) is 18.4 Å². The number of anilines is 2. The van der Waals surface area contributed by atoms with Gasteiger partial charge in [-0.05, 0) is 31.7 Å². The van der Waals surface area contributed by atoms with Gasteiger partial charge in [-0.1, -0.05) is 40.2 Å². The van der Waals surface area contributed by atoms with E-state index in [-0.39, 0.29) is 36.9 Å². The Morgan fingerprint density at radius 2 is 2.15 bits per heavy atom. The van der Waals surface area contributed by atoms with Gasteiger partial charge < -0.3 is 29.6 Å². The van der Waals surface area contributed by atoms with Crippen LogP contribution in [0, 0.1) is 0 Å². The molecule has 1 unspecified atom stereocenters. The minimum atomic E-state index is -0.648. The summed E-state index contributed by atoms with van der Waals surface area (Å²) >= 11 is 3.51. The number of esters is 1. The fourth-order valence-electron chi connectivity index (χ4n) is 3.36. The van der Waals surface area contributed by atoms with E-state index in [2.05, 4.69) is 37.6 Å². The number of methoxy groups -OCH3 is 1. The number of hydrogen-bond donors (Lipinski definition) is 1. The second-order valence-corrected chi connectivity index (χ2v) is 8.38. The number of carbonyl (C=O) groups is 1. The van der Waals surface area contributed by atoms with Crippen LogP contribution < -0.4 is 15.4 Å². The fraction of sp³-hybridized carbons (Fsp3) is 0.455. The van der Waals surface area contributed by atoms with E-state index in [1.807, 2.05) is 43.0 Å². The maximum absolute atomic E-state index is 11.6. The highest BCUT2D eigenvalue weighted by Gasteiger charge is 2.33. The first-order valence-electron chi connectivity index (χ1n) is 10.3. The zero-order valence-electron chi connectivity index (χ0n) is 18.9. The normalized spacial score (nSPS) is 16.9. The number of nitrogens with two attached hydrogens (primary N) is 1. The molecule has 3 rings (SSSR count). The molecule has 2 aromatic rings. The zero-order valence-corrected chi connectivity index (χ0v) is 20.5. The molecule has 33 heavy (non-hydrogen) atoms. The predicted octanol–water partition coefficient (Wildman–Crippen LogP) is 3.00. The quantitative estimate of drug-likeness (QED) is 0.217. The number of carbonyl (C=O) groups excluding carboxylic acids is 1. The van der Waals surface area contributed by atoms with Crippen molar-refractivity contribution in [1.82, 2.24) is 9.97 Å². The summed E-state index contributed by atoms with van der Waals surface area (Å²) in [6, 6.07) is 7.77. The van der Waals surface area contributed by atoms with Gasteiger partial charge in [-0.25, -0.2) is 0 Å². The fourth-order valence-corrected chi connectivity index (χ4v) is 3.77. The van der Waals surface area contributed by atoms with Gasteiger partial charge in [0.2, 0.25) is 0 Å². The monoisotopic (exact) mass is 521 g/mol. The molecule has 0 saturated carbocycles. The van der Waals surface area contributed by atoms with Crippen LogP contribution in [0.15, 0.2) is 29.3 Å². The van der Waals surface area contributed by atoms with Crippen molar-refractivity contribution in [3.05, 3.63) is 35.4 Å². The first-order valence-corrected chi connectivity index (χ1v) is 11.4. The van der Waals surface area contributed by atoms with Crippen LogP contribution >= 0.6 is 15.9 Å². The SMILES string of the molecule is C=Nc1c(N)nc(OCC2COC(C)(C)O2)nc1N(CBr)Cc1cccc(CC(=O)OC)c1. The van der Waals surface area contributed by atoms with Crippen LogP contribution in [0.5, 0.6) is 6.01 Å². The number of benzene rings is 1. The second-order valence-electron chi connectivity index (χ2n) is 7.87. The molecular weight excluding hydrogens is 494 g/mol. The van der Waals surface area contributed by atoms with Crippen molar-refractivity contribution >= 4 is 45.9 Å². The van der Waals surface area contributed by atoms with E-state index in [1.165, 1.54) is 7.11 Å². The minimum Gasteiger partial charge on any atom is -0.469 e. The number of halogens is 1. The third kappa shape index (κ3) is 6.62. The summed E-state index contributed by atoms with van der Waals surface area (Å²) in [5.41, 5.74) is 8.73. The number of aromatic nitrogens is 2. The summed E-state index contributed by atoms with van der Waals surface area (Å²) in [5, 5.41) is 0. The Bertz CT molecular complexity index is 1000. The van der Waals surface area contributed by atoms with E-state index in [0.29, 0.717) is 30.1 Å². The number of nitrogen functional groups attached to an aromatic ring is 1. The lowest BCUT2D eigenvalue weighted by molar-refractivity contribution is -0.141. The van der Waals surface area contributed by atoms with E-state index < -0.39 is 5.79 Å². The lowest BCUT2D eigenvalue weighted by Crippen LogP contribution is -2.26. The number of hydrogen-bond acceptors (Lipinski definition) is 10. The van der Waals surface area contributed by atoms with Crippen molar-refractivity contribution in [3.8, 4) is 6.01 Å². The summed E-state index contributed by atoms with van der Waals surface area (Å²) in [7, 11) is 1.37. The Labute approximate surface area is 201 Å². The van der Waals surface area contributed by atoms with Gasteiger partial charge >= 0.3 is 12.0 Å². The van der Waals surface area contributed by atoms with Gasteiger partial charge in [-0.15, -0.1) is 0 Å². The standard InChI is InChI=1S/C22H28BrN5O5/c1-22(2)32-12-16(33-22)11-31-21-26-19(24)18(25-3)20(27-21)28(13-23)10-15-7-5-6-14(8-15)9-17(29)30-4/h5-8,16H,3,9-13H2,1-2,4H3,(H2,24,26,27). The van der Waals surface area contributed by atoms with Crippen LogP contribution in [-0.2, 0) is 32.0 Å². The largest absolute Gasteiger partial charge is 0.469 e. The van der Waals surface area contributed by atoms with Gasteiger partial charge in [-0.2, -0.15) is 9.97 Å². The highest BCUT2D eigenvalue weighted by molar-refractivity contribution is 9.09. The molecule has 1 aromatic carbocycles. The molecule has 0 spiro atoms. The molecular formula is C22H28BrN5O5. The molecule has 1 saturated heterocycles. The molecule has 1 atom stereocenters. The molecule has 10 nitrogen and oxygen atoms in total. The smallest absolute Gasteiger partial charge is 0.320 e. The van der Waals surface area contributed by atoms with E-state index in [0.717, 1.165) is 11.1 Å². The van der Waals surface area contributed by atoms with Gasteiger partial charge in [0.05, 0.1) is 25.6 Å².